The molecule has 3 unspecified atom stereocenters. The first kappa shape index (κ1) is 17.2. The molecule has 9 heteroatoms. The van der Waals surface area contributed by atoms with Gasteiger partial charge in [-0.05, 0) is 36.6 Å². The molecule has 3 aromatic rings. The first-order chi connectivity index (χ1) is 13.6. The number of para-hydroxylation sites is 1. The summed E-state index contributed by atoms with van der Waals surface area (Å²) in [7, 11) is 0. The van der Waals surface area contributed by atoms with Gasteiger partial charge < -0.3 is 0 Å². The second-order valence-electron chi connectivity index (χ2n) is 6.97. The number of hydrazine groups is 1. The van der Waals surface area contributed by atoms with Crippen LogP contribution in [0.2, 0.25) is 0 Å². The minimum Gasteiger partial charge on any atom is -0.300 e. The van der Waals surface area contributed by atoms with E-state index in [0.717, 1.165) is 28.7 Å². The molecule has 2 aliphatic heterocycles. The second-order valence-corrected chi connectivity index (χ2v) is 7.98. The van der Waals surface area contributed by atoms with Gasteiger partial charge in [0.15, 0.2) is 0 Å². The number of carbonyl (C=O) groups excluding carboxylic acids is 1. The van der Waals surface area contributed by atoms with Gasteiger partial charge in [-0.2, -0.15) is 0 Å². The summed E-state index contributed by atoms with van der Waals surface area (Å²) in [6.07, 6.45) is 0.515. The Morgan fingerprint density at radius 1 is 1.21 bits per heavy atom. The number of aromatic nitrogens is 1. The summed E-state index contributed by atoms with van der Waals surface area (Å²) in [6.45, 7) is 0.725. The number of hydrogen-bond donors (Lipinski definition) is 2. The Morgan fingerprint density at radius 2 is 2.07 bits per heavy atom. The third-order valence-electron chi connectivity index (χ3n) is 5.37. The molecule has 3 heterocycles. The Hall–Kier alpha value is -2.88. The molecule has 28 heavy (non-hydrogen) atoms. The smallest absolute Gasteiger partial charge is 0.269 e. The lowest BCUT2D eigenvalue weighted by Gasteiger charge is -2.32. The zero-order valence-electron chi connectivity index (χ0n) is 14.7. The monoisotopic (exact) mass is 395 g/mol. The molecule has 1 aromatic heterocycles. The molecule has 2 N–H and O–H groups in total. The van der Waals surface area contributed by atoms with E-state index < -0.39 is 4.92 Å². The lowest BCUT2D eigenvalue weighted by molar-refractivity contribution is -0.384. The summed E-state index contributed by atoms with van der Waals surface area (Å²) in [4.78, 5) is 28.6. The van der Waals surface area contributed by atoms with Gasteiger partial charge in [-0.3, -0.25) is 20.2 Å². The lowest BCUT2D eigenvalue weighted by atomic mass is 9.79. The topological polar surface area (TPSA) is 100 Å². The molecule has 0 radical (unpaired) electrons. The average Bonchev–Trinajstić information content (AvgIpc) is 3.29. The molecule has 0 aliphatic carbocycles. The summed E-state index contributed by atoms with van der Waals surface area (Å²) in [6, 6.07) is 14.4. The number of nitro groups is 1. The van der Waals surface area contributed by atoms with E-state index in [2.05, 4.69) is 15.7 Å². The van der Waals surface area contributed by atoms with Crippen LogP contribution in [0.25, 0.3) is 10.2 Å². The molecule has 0 spiro atoms. The lowest BCUT2D eigenvalue weighted by Crippen LogP contribution is -2.50. The summed E-state index contributed by atoms with van der Waals surface area (Å²) in [5.74, 6) is -0.499. The third kappa shape index (κ3) is 2.75. The van der Waals surface area contributed by atoms with Crippen molar-refractivity contribution >= 4 is 38.3 Å². The van der Waals surface area contributed by atoms with E-state index in [1.807, 2.05) is 30.3 Å². The molecule has 0 bridgehead atoms. The number of fused-ring (bicyclic) bond motifs is 2. The maximum absolute atomic E-state index is 13.3. The van der Waals surface area contributed by atoms with Crippen molar-refractivity contribution in [1.82, 2.24) is 15.7 Å². The zero-order valence-corrected chi connectivity index (χ0v) is 15.6. The van der Waals surface area contributed by atoms with Crippen molar-refractivity contribution in [3.05, 3.63) is 64.2 Å². The number of piperidine rings is 1. The number of nitrogens with one attached hydrogen (secondary N) is 2. The van der Waals surface area contributed by atoms with Crippen LogP contribution in [-0.2, 0) is 4.79 Å². The highest BCUT2D eigenvalue weighted by Gasteiger charge is 2.48. The first-order valence-electron chi connectivity index (χ1n) is 9.05. The van der Waals surface area contributed by atoms with E-state index in [-0.39, 0.29) is 29.6 Å². The van der Waals surface area contributed by atoms with Gasteiger partial charge >= 0.3 is 0 Å². The van der Waals surface area contributed by atoms with Crippen LogP contribution < -0.4 is 15.8 Å². The highest BCUT2D eigenvalue weighted by Crippen LogP contribution is 2.40. The number of carbonyl (C=O) groups is 1. The van der Waals surface area contributed by atoms with Crippen molar-refractivity contribution in [2.75, 3.05) is 11.6 Å². The SMILES string of the molecule is O=C1C2C(NCCC2c2cccc([N+](=O)[O-])c2)NN1c1nc2ccccc2s1. The van der Waals surface area contributed by atoms with Crippen LogP contribution in [-0.4, -0.2) is 28.5 Å². The minimum atomic E-state index is -0.399. The molecule has 2 aliphatic rings. The average molecular weight is 395 g/mol. The molecule has 5 rings (SSSR count). The van der Waals surface area contributed by atoms with Gasteiger partial charge in [0.2, 0.25) is 11.0 Å². The van der Waals surface area contributed by atoms with Gasteiger partial charge in [0, 0.05) is 12.1 Å². The van der Waals surface area contributed by atoms with E-state index in [1.54, 1.807) is 12.1 Å². The van der Waals surface area contributed by atoms with Crippen LogP contribution in [0.15, 0.2) is 48.5 Å². The fraction of sp³-hybridized carbons (Fsp3) is 0.263. The van der Waals surface area contributed by atoms with Gasteiger partial charge in [-0.25, -0.2) is 15.4 Å². The summed E-state index contributed by atoms with van der Waals surface area (Å²) in [5.41, 5.74) is 4.98. The highest BCUT2D eigenvalue weighted by molar-refractivity contribution is 7.22. The number of benzene rings is 2. The standard InChI is InChI=1S/C19H17N5O3S/c25-18-16-13(11-4-3-5-12(10-11)24(26)27)8-9-20-17(16)22-23(18)19-21-14-6-1-2-7-15(14)28-19/h1-7,10,13,16-17,20,22H,8-9H2. The van der Waals surface area contributed by atoms with Crippen LogP contribution in [0.3, 0.4) is 0 Å². The quantitative estimate of drug-likeness (QED) is 0.522. The van der Waals surface area contributed by atoms with Crippen LogP contribution >= 0.6 is 11.3 Å². The van der Waals surface area contributed by atoms with Gasteiger partial charge in [0.05, 0.1) is 27.2 Å². The number of nitro benzene ring substituents is 1. The molecule has 1 amide bonds. The number of nitrogens with zero attached hydrogens (tertiary/aromatic N) is 3. The maximum atomic E-state index is 13.3. The molecule has 3 atom stereocenters. The van der Waals surface area contributed by atoms with E-state index in [0.29, 0.717) is 5.13 Å². The number of non-ortho nitro benzene ring substituents is 1. The number of thiazole rings is 1. The van der Waals surface area contributed by atoms with Crippen molar-refractivity contribution in [2.24, 2.45) is 5.92 Å². The first-order valence-corrected chi connectivity index (χ1v) is 9.87. The van der Waals surface area contributed by atoms with E-state index >= 15 is 0 Å². The number of rotatable bonds is 3. The van der Waals surface area contributed by atoms with Crippen LogP contribution in [0.4, 0.5) is 10.8 Å². The van der Waals surface area contributed by atoms with E-state index in [1.165, 1.54) is 22.4 Å². The normalized spacial score (nSPS) is 24.5. The van der Waals surface area contributed by atoms with Gasteiger partial charge in [0.1, 0.15) is 0 Å². The Kier molecular flexibility index (Phi) is 4.08. The Balaban J connectivity index is 1.48. The fourth-order valence-corrected chi connectivity index (χ4v) is 5.01. The van der Waals surface area contributed by atoms with Gasteiger partial charge in [0.25, 0.3) is 5.69 Å². The fourth-order valence-electron chi connectivity index (χ4n) is 4.07. The summed E-state index contributed by atoms with van der Waals surface area (Å²) >= 11 is 1.46. The van der Waals surface area contributed by atoms with Crippen molar-refractivity contribution in [2.45, 2.75) is 18.5 Å². The van der Waals surface area contributed by atoms with E-state index in [9.17, 15) is 14.9 Å². The molecular weight excluding hydrogens is 378 g/mol. The van der Waals surface area contributed by atoms with Gasteiger partial charge in [-0.1, -0.05) is 35.6 Å². The molecule has 2 saturated heterocycles. The molecule has 0 saturated carbocycles. The van der Waals surface area contributed by atoms with Gasteiger partial charge in [-0.15, -0.1) is 0 Å². The van der Waals surface area contributed by atoms with Crippen LogP contribution in [0.1, 0.15) is 17.9 Å². The van der Waals surface area contributed by atoms with Crippen molar-refractivity contribution < 1.29 is 9.72 Å². The Morgan fingerprint density at radius 3 is 2.89 bits per heavy atom. The largest absolute Gasteiger partial charge is 0.300 e. The van der Waals surface area contributed by atoms with Crippen LogP contribution in [0.5, 0.6) is 0 Å². The predicted octanol–water partition coefficient (Wildman–Crippen LogP) is 2.78. The van der Waals surface area contributed by atoms with Crippen molar-refractivity contribution in [3.63, 3.8) is 0 Å². The van der Waals surface area contributed by atoms with Crippen molar-refractivity contribution in [1.29, 1.82) is 0 Å². The zero-order chi connectivity index (χ0) is 19.3. The number of amides is 1. The summed E-state index contributed by atoms with van der Waals surface area (Å²) < 4.78 is 1.02. The summed E-state index contributed by atoms with van der Waals surface area (Å²) in [5, 5.41) is 16.6. The predicted molar refractivity (Wildman–Crippen MR) is 106 cm³/mol. The second kappa shape index (κ2) is 6.62. The van der Waals surface area contributed by atoms with E-state index in [4.69, 9.17) is 0 Å². The maximum Gasteiger partial charge on any atom is 0.269 e. The molecule has 8 nitrogen and oxygen atoms in total. The molecule has 2 aromatic carbocycles. The Bertz CT molecular complexity index is 1050. The highest BCUT2D eigenvalue weighted by atomic mass is 32.1. The molecular formula is C19H17N5O3S. The van der Waals surface area contributed by atoms with Crippen LogP contribution in [0, 0.1) is 16.0 Å². The number of anilines is 1. The third-order valence-corrected chi connectivity index (χ3v) is 6.39. The number of hydrogen-bond acceptors (Lipinski definition) is 7. The molecule has 2 fully saturated rings. The van der Waals surface area contributed by atoms with Crippen molar-refractivity contribution in [3.8, 4) is 0 Å². The Labute approximate surface area is 164 Å². The minimum absolute atomic E-state index is 0.0500. The molecule has 142 valence electrons.